The number of rotatable bonds is 8. The van der Waals surface area contributed by atoms with E-state index >= 15 is 0 Å². The van der Waals surface area contributed by atoms with Gasteiger partial charge in [-0.3, -0.25) is 19.2 Å². The number of nitrogens with one attached hydrogen (secondary N) is 1. The van der Waals surface area contributed by atoms with Crippen molar-refractivity contribution < 1.29 is 18.1 Å². The molecule has 0 spiro atoms. The van der Waals surface area contributed by atoms with Crippen LogP contribution in [-0.2, 0) is 14.8 Å². The number of non-ortho nitro benzene ring substituents is 1. The number of aryl methyl sites for hydroxylation is 1. The predicted molar refractivity (Wildman–Crippen MR) is 92.5 cm³/mol. The van der Waals surface area contributed by atoms with Crippen molar-refractivity contribution in [1.82, 2.24) is 5.32 Å². The highest BCUT2D eigenvalue weighted by Crippen LogP contribution is 2.27. The molecule has 1 aromatic carbocycles. The summed E-state index contributed by atoms with van der Waals surface area (Å²) in [4.78, 5) is 22.5. The van der Waals surface area contributed by atoms with E-state index in [9.17, 15) is 23.3 Å². The maximum absolute atomic E-state index is 12.1. The van der Waals surface area contributed by atoms with Crippen LogP contribution in [0.2, 0.25) is 0 Å². The van der Waals surface area contributed by atoms with E-state index in [1.807, 2.05) is 13.8 Å². The van der Waals surface area contributed by atoms with Crippen LogP contribution in [0.1, 0.15) is 32.3 Å². The molecule has 1 rings (SSSR count). The molecule has 134 valence electrons. The predicted octanol–water partition coefficient (Wildman–Crippen LogP) is 1.97. The fraction of sp³-hybridized carbons (Fsp3) is 0.533. The van der Waals surface area contributed by atoms with Crippen LogP contribution in [0.4, 0.5) is 11.4 Å². The van der Waals surface area contributed by atoms with Crippen molar-refractivity contribution in [2.24, 2.45) is 0 Å². The molecule has 0 bridgehead atoms. The van der Waals surface area contributed by atoms with Gasteiger partial charge in [0.25, 0.3) is 5.69 Å². The molecular formula is C15H23N3O5S. The molecule has 0 radical (unpaired) electrons. The highest BCUT2D eigenvalue weighted by atomic mass is 32.2. The van der Waals surface area contributed by atoms with Crippen LogP contribution in [0.25, 0.3) is 0 Å². The summed E-state index contributed by atoms with van der Waals surface area (Å²) in [6, 6.07) is 3.85. The van der Waals surface area contributed by atoms with Crippen LogP contribution in [-0.4, -0.2) is 38.1 Å². The third kappa shape index (κ3) is 5.48. The second-order valence-electron chi connectivity index (χ2n) is 5.75. The van der Waals surface area contributed by atoms with Gasteiger partial charge in [0.15, 0.2) is 0 Å². The summed E-state index contributed by atoms with van der Waals surface area (Å²) in [7, 11) is -3.78. The summed E-state index contributed by atoms with van der Waals surface area (Å²) >= 11 is 0. The standard InChI is InChI=1S/C15H23N3O5S/c1-5-6-12(3)16-15(19)10-17(24(4,22)23)14-9-13(18(20)21)8-7-11(14)2/h7-9,12H,5-6,10H2,1-4H3,(H,16,19)/t12-/m0/s1. The SMILES string of the molecule is CCC[C@H](C)NC(=O)CN(c1cc([N+](=O)[O-])ccc1C)S(C)(=O)=O. The molecule has 1 N–H and O–H groups in total. The third-order valence-electron chi connectivity index (χ3n) is 3.49. The first kappa shape index (κ1) is 19.9. The summed E-state index contributed by atoms with van der Waals surface area (Å²) in [6.45, 7) is 5.03. The van der Waals surface area contributed by atoms with Gasteiger partial charge in [-0.15, -0.1) is 0 Å². The molecule has 1 amide bonds. The van der Waals surface area contributed by atoms with Crippen LogP contribution < -0.4 is 9.62 Å². The van der Waals surface area contributed by atoms with Crippen LogP contribution in [0.3, 0.4) is 0 Å². The average molecular weight is 357 g/mol. The molecule has 0 aliphatic heterocycles. The molecule has 0 unspecified atom stereocenters. The van der Waals surface area contributed by atoms with Gasteiger partial charge < -0.3 is 5.32 Å². The number of nitrogens with zero attached hydrogens (tertiary/aromatic N) is 2. The molecule has 0 aromatic heterocycles. The first-order valence-electron chi connectivity index (χ1n) is 7.58. The van der Waals surface area contributed by atoms with E-state index in [1.54, 1.807) is 6.92 Å². The largest absolute Gasteiger partial charge is 0.352 e. The quantitative estimate of drug-likeness (QED) is 0.565. The number of amides is 1. The zero-order valence-electron chi connectivity index (χ0n) is 14.3. The van der Waals surface area contributed by atoms with Gasteiger partial charge in [-0.2, -0.15) is 0 Å². The molecule has 0 aliphatic rings. The molecule has 9 heteroatoms. The highest BCUT2D eigenvalue weighted by Gasteiger charge is 2.24. The summed E-state index contributed by atoms with van der Waals surface area (Å²) in [5, 5.41) is 13.7. The van der Waals surface area contributed by atoms with Gasteiger partial charge in [0.2, 0.25) is 15.9 Å². The Morgan fingerprint density at radius 3 is 2.54 bits per heavy atom. The molecule has 0 saturated heterocycles. The Bertz CT molecular complexity index is 718. The number of hydrogen-bond donors (Lipinski definition) is 1. The van der Waals surface area contributed by atoms with Crippen LogP contribution in [0.15, 0.2) is 18.2 Å². The molecule has 0 saturated carbocycles. The van der Waals surface area contributed by atoms with Crippen molar-refractivity contribution in [3.05, 3.63) is 33.9 Å². The fourth-order valence-electron chi connectivity index (χ4n) is 2.32. The van der Waals surface area contributed by atoms with E-state index in [1.165, 1.54) is 18.2 Å². The number of anilines is 1. The minimum absolute atomic E-state index is 0.0740. The van der Waals surface area contributed by atoms with E-state index in [2.05, 4.69) is 5.32 Å². The molecule has 24 heavy (non-hydrogen) atoms. The third-order valence-corrected chi connectivity index (χ3v) is 4.62. The Labute approximate surface area is 142 Å². The lowest BCUT2D eigenvalue weighted by molar-refractivity contribution is -0.384. The monoisotopic (exact) mass is 357 g/mol. The van der Waals surface area contributed by atoms with E-state index in [0.717, 1.165) is 23.4 Å². The van der Waals surface area contributed by atoms with E-state index < -0.39 is 27.4 Å². The Balaban J connectivity index is 3.14. The molecule has 8 nitrogen and oxygen atoms in total. The minimum atomic E-state index is -3.78. The number of sulfonamides is 1. The lowest BCUT2D eigenvalue weighted by Gasteiger charge is -2.24. The maximum atomic E-state index is 12.1. The Morgan fingerprint density at radius 1 is 1.42 bits per heavy atom. The van der Waals surface area contributed by atoms with Crippen LogP contribution >= 0.6 is 0 Å². The second kappa shape index (κ2) is 8.09. The van der Waals surface area contributed by atoms with Gasteiger partial charge in [0.05, 0.1) is 16.9 Å². The normalized spacial score (nSPS) is 12.5. The maximum Gasteiger partial charge on any atom is 0.271 e. The van der Waals surface area contributed by atoms with Gasteiger partial charge in [0.1, 0.15) is 6.54 Å². The van der Waals surface area contributed by atoms with Crippen LogP contribution in [0, 0.1) is 17.0 Å². The average Bonchev–Trinajstić information content (AvgIpc) is 2.44. The van der Waals surface area contributed by atoms with Crippen molar-refractivity contribution in [2.75, 3.05) is 17.1 Å². The Kier molecular flexibility index (Phi) is 6.70. The molecular weight excluding hydrogens is 334 g/mol. The topological polar surface area (TPSA) is 110 Å². The molecule has 0 heterocycles. The molecule has 1 atom stereocenters. The number of hydrogen-bond acceptors (Lipinski definition) is 5. The summed E-state index contributed by atoms with van der Waals surface area (Å²) in [6.07, 6.45) is 2.63. The molecule has 1 aromatic rings. The lowest BCUT2D eigenvalue weighted by atomic mass is 10.1. The first-order valence-corrected chi connectivity index (χ1v) is 9.43. The fourth-order valence-corrected chi connectivity index (χ4v) is 3.22. The zero-order valence-corrected chi connectivity index (χ0v) is 15.1. The van der Waals surface area contributed by atoms with Gasteiger partial charge in [-0.25, -0.2) is 8.42 Å². The number of benzene rings is 1. The molecule has 0 fully saturated rings. The summed E-state index contributed by atoms with van der Waals surface area (Å²) < 4.78 is 25.1. The smallest absolute Gasteiger partial charge is 0.271 e. The van der Waals surface area contributed by atoms with Crippen LogP contribution in [0.5, 0.6) is 0 Å². The minimum Gasteiger partial charge on any atom is -0.352 e. The molecule has 0 aliphatic carbocycles. The second-order valence-corrected chi connectivity index (χ2v) is 7.66. The van der Waals surface area contributed by atoms with Gasteiger partial charge in [0, 0.05) is 18.2 Å². The van der Waals surface area contributed by atoms with Crippen molar-refractivity contribution in [1.29, 1.82) is 0 Å². The summed E-state index contributed by atoms with van der Waals surface area (Å²) in [5.41, 5.74) is 0.425. The Hall–Kier alpha value is -2.16. The van der Waals surface area contributed by atoms with Gasteiger partial charge in [-0.05, 0) is 25.8 Å². The van der Waals surface area contributed by atoms with Crippen molar-refractivity contribution >= 4 is 27.3 Å². The highest BCUT2D eigenvalue weighted by molar-refractivity contribution is 7.92. The van der Waals surface area contributed by atoms with Gasteiger partial charge in [-0.1, -0.05) is 19.4 Å². The van der Waals surface area contributed by atoms with Crippen molar-refractivity contribution in [2.45, 2.75) is 39.7 Å². The van der Waals surface area contributed by atoms with E-state index in [0.29, 0.717) is 5.56 Å². The number of nitro benzene ring substituents is 1. The van der Waals surface area contributed by atoms with E-state index in [4.69, 9.17) is 0 Å². The number of carbonyl (C=O) groups excluding carboxylic acids is 1. The Morgan fingerprint density at radius 2 is 2.04 bits per heavy atom. The van der Waals surface area contributed by atoms with Gasteiger partial charge >= 0.3 is 0 Å². The van der Waals surface area contributed by atoms with Crippen molar-refractivity contribution in [3.63, 3.8) is 0 Å². The summed E-state index contributed by atoms with van der Waals surface area (Å²) in [5.74, 6) is -0.452. The first-order chi connectivity index (χ1) is 11.1. The van der Waals surface area contributed by atoms with Crippen molar-refractivity contribution in [3.8, 4) is 0 Å². The number of carbonyl (C=O) groups is 1. The number of nitro groups is 1. The van der Waals surface area contributed by atoms with E-state index in [-0.39, 0.29) is 17.4 Å². The lowest BCUT2D eigenvalue weighted by Crippen LogP contribution is -2.43. The zero-order chi connectivity index (χ0) is 18.5.